The van der Waals surface area contributed by atoms with E-state index in [0.717, 1.165) is 28.1 Å². The molecule has 0 unspecified atom stereocenters. The highest BCUT2D eigenvalue weighted by Gasteiger charge is 2.25. The number of carbonyl (C=O) groups excluding carboxylic acids is 1. The fraction of sp³-hybridized carbons (Fsp3) is 0.158. The van der Waals surface area contributed by atoms with Crippen LogP contribution >= 0.6 is 15.9 Å². The van der Waals surface area contributed by atoms with Crippen LogP contribution in [0, 0.1) is 0 Å². The SMILES string of the molecule is CN1CCN(C(=O)c2cccc(-n3cc(Br)cn3)c2)c2ccccc21. The highest BCUT2D eigenvalue weighted by atomic mass is 79.9. The van der Waals surface area contributed by atoms with Crippen LogP contribution in [0.1, 0.15) is 10.4 Å². The maximum absolute atomic E-state index is 13.1. The van der Waals surface area contributed by atoms with Gasteiger partial charge in [0.1, 0.15) is 0 Å². The zero-order chi connectivity index (χ0) is 17.4. The van der Waals surface area contributed by atoms with Crippen molar-refractivity contribution in [2.24, 2.45) is 0 Å². The van der Waals surface area contributed by atoms with Crippen molar-refractivity contribution in [1.29, 1.82) is 0 Å². The largest absolute Gasteiger partial charge is 0.371 e. The molecule has 6 heteroatoms. The average Bonchev–Trinajstić information content (AvgIpc) is 3.08. The number of hydrogen-bond acceptors (Lipinski definition) is 3. The standard InChI is InChI=1S/C19H17BrN4O/c1-22-9-10-23(18-8-3-2-7-17(18)22)19(25)14-5-4-6-16(11-14)24-13-15(20)12-21-24/h2-8,11-13H,9-10H2,1H3. The topological polar surface area (TPSA) is 41.4 Å². The summed E-state index contributed by atoms with van der Waals surface area (Å²) in [4.78, 5) is 17.2. The van der Waals surface area contributed by atoms with E-state index >= 15 is 0 Å². The molecule has 0 fully saturated rings. The molecule has 1 aliphatic rings. The number of carbonyl (C=O) groups is 1. The van der Waals surface area contributed by atoms with E-state index in [1.54, 1.807) is 10.9 Å². The fourth-order valence-electron chi connectivity index (χ4n) is 3.10. The molecule has 0 spiro atoms. The normalized spacial score (nSPS) is 13.7. The second kappa shape index (κ2) is 6.37. The number of rotatable bonds is 2. The third-order valence-corrected chi connectivity index (χ3v) is 4.81. The van der Waals surface area contributed by atoms with Gasteiger partial charge in [-0.15, -0.1) is 0 Å². The van der Waals surface area contributed by atoms with Crippen LogP contribution in [0.2, 0.25) is 0 Å². The number of hydrogen-bond donors (Lipinski definition) is 0. The molecule has 2 aromatic carbocycles. The van der Waals surface area contributed by atoms with Crippen LogP contribution in [0.4, 0.5) is 11.4 Å². The summed E-state index contributed by atoms with van der Waals surface area (Å²) in [5.41, 5.74) is 3.55. The minimum Gasteiger partial charge on any atom is -0.371 e. The highest BCUT2D eigenvalue weighted by Crippen LogP contribution is 2.32. The summed E-state index contributed by atoms with van der Waals surface area (Å²) in [6, 6.07) is 15.6. The zero-order valence-corrected chi connectivity index (χ0v) is 15.3. The number of halogens is 1. The van der Waals surface area contributed by atoms with Gasteiger partial charge in [-0.05, 0) is 46.3 Å². The lowest BCUT2D eigenvalue weighted by molar-refractivity contribution is 0.0986. The number of likely N-dealkylation sites (N-methyl/N-ethyl adjacent to an activating group) is 1. The Morgan fingerprint density at radius 2 is 1.88 bits per heavy atom. The third-order valence-electron chi connectivity index (χ3n) is 4.40. The van der Waals surface area contributed by atoms with Gasteiger partial charge in [-0.2, -0.15) is 5.10 Å². The number of benzene rings is 2. The Hall–Kier alpha value is -2.60. The van der Waals surface area contributed by atoms with Gasteiger partial charge in [0.2, 0.25) is 0 Å². The molecule has 0 saturated carbocycles. The second-order valence-electron chi connectivity index (χ2n) is 6.02. The van der Waals surface area contributed by atoms with Crippen molar-refractivity contribution in [3.8, 4) is 5.69 Å². The van der Waals surface area contributed by atoms with Crippen molar-refractivity contribution in [3.05, 3.63) is 71.0 Å². The number of fused-ring (bicyclic) bond motifs is 1. The van der Waals surface area contributed by atoms with E-state index in [4.69, 9.17) is 0 Å². The van der Waals surface area contributed by atoms with Crippen molar-refractivity contribution < 1.29 is 4.79 Å². The maximum atomic E-state index is 13.1. The molecule has 4 rings (SSSR count). The smallest absolute Gasteiger partial charge is 0.258 e. The van der Waals surface area contributed by atoms with E-state index in [2.05, 4.69) is 33.0 Å². The molecule has 25 heavy (non-hydrogen) atoms. The predicted octanol–water partition coefficient (Wildman–Crippen LogP) is 3.73. The molecule has 5 nitrogen and oxygen atoms in total. The van der Waals surface area contributed by atoms with Gasteiger partial charge in [0.25, 0.3) is 5.91 Å². The number of aromatic nitrogens is 2. The van der Waals surface area contributed by atoms with E-state index in [0.29, 0.717) is 12.1 Å². The van der Waals surface area contributed by atoms with Crippen molar-refractivity contribution in [2.75, 3.05) is 29.9 Å². The van der Waals surface area contributed by atoms with Gasteiger partial charge in [0.15, 0.2) is 0 Å². The molecular weight excluding hydrogens is 380 g/mol. The molecule has 0 radical (unpaired) electrons. The Morgan fingerprint density at radius 3 is 2.64 bits per heavy atom. The van der Waals surface area contributed by atoms with Crippen LogP contribution in [0.25, 0.3) is 5.69 Å². The summed E-state index contributed by atoms with van der Waals surface area (Å²) in [7, 11) is 2.05. The van der Waals surface area contributed by atoms with Crippen LogP contribution in [0.5, 0.6) is 0 Å². The average molecular weight is 397 g/mol. The van der Waals surface area contributed by atoms with Gasteiger partial charge < -0.3 is 9.80 Å². The molecule has 1 amide bonds. The molecule has 2 heterocycles. The molecule has 3 aromatic rings. The first-order chi connectivity index (χ1) is 12.1. The lowest BCUT2D eigenvalue weighted by atomic mass is 10.1. The summed E-state index contributed by atoms with van der Waals surface area (Å²) in [5, 5.41) is 4.28. The Balaban J connectivity index is 1.69. The Morgan fingerprint density at radius 1 is 1.08 bits per heavy atom. The number of nitrogens with zero attached hydrogens (tertiary/aromatic N) is 4. The van der Waals surface area contributed by atoms with E-state index in [9.17, 15) is 4.79 Å². The summed E-state index contributed by atoms with van der Waals surface area (Å²) < 4.78 is 2.65. The Bertz CT molecular complexity index is 936. The Labute approximate surface area is 154 Å². The van der Waals surface area contributed by atoms with Crippen LogP contribution < -0.4 is 9.80 Å². The van der Waals surface area contributed by atoms with Gasteiger partial charge in [-0.3, -0.25) is 4.79 Å². The minimum absolute atomic E-state index is 0.00798. The van der Waals surface area contributed by atoms with Gasteiger partial charge in [-0.25, -0.2) is 4.68 Å². The third kappa shape index (κ3) is 2.93. The zero-order valence-electron chi connectivity index (χ0n) is 13.8. The first kappa shape index (κ1) is 15.9. The monoisotopic (exact) mass is 396 g/mol. The van der Waals surface area contributed by atoms with Crippen LogP contribution in [-0.2, 0) is 0 Å². The molecule has 126 valence electrons. The van der Waals surface area contributed by atoms with Crippen LogP contribution in [0.3, 0.4) is 0 Å². The van der Waals surface area contributed by atoms with E-state index < -0.39 is 0 Å². The van der Waals surface area contributed by atoms with Gasteiger partial charge in [0.05, 0.1) is 27.7 Å². The lowest BCUT2D eigenvalue weighted by Gasteiger charge is -2.35. The van der Waals surface area contributed by atoms with Crippen molar-refractivity contribution >= 4 is 33.2 Å². The van der Waals surface area contributed by atoms with Crippen molar-refractivity contribution in [2.45, 2.75) is 0 Å². The highest BCUT2D eigenvalue weighted by molar-refractivity contribution is 9.10. The maximum Gasteiger partial charge on any atom is 0.258 e. The van der Waals surface area contributed by atoms with Gasteiger partial charge >= 0.3 is 0 Å². The minimum atomic E-state index is 0.00798. The molecule has 0 N–H and O–H groups in total. The van der Waals surface area contributed by atoms with E-state index in [1.165, 1.54) is 0 Å². The Kier molecular flexibility index (Phi) is 4.05. The van der Waals surface area contributed by atoms with Gasteiger partial charge in [0, 0.05) is 31.9 Å². The predicted molar refractivity (Wildman–Crippen MR) is 103 cm³/mol. The molecule has 0 atom stereocenters. The van der Waals surface area contributed by atoms with E-state index in [1.807, 2.05) is 59.6 Å². The summed E-state index contributed by atoms with van der Waals surface area (Å²) in [5.74, 6) is 0.00798. The van der Waals surface area contributed by atoms with Crippen LogP contribution in [0.15, 0.2) is 65.4 Å². The molecule has 0 bridgehead atoms. The number of amides is 1. The van der Waals surface area contributed by atoms with Gasteiger partial charge in [-0.1, -0.05) is 18.2 Å². The first-order valence-corrected chi connectivity index (χ1v) is 8.85. The molecule has 1 aliphatic heterocycles. The lowest BCUT2D eigenvalue weighted by Crippen LogP contribution is -2.42. The molecule has 0 saturated heterocycles. The quantitative estimate of drug-likeness (QED) is 0.662. The van der Waals surface area contributed by atoms with Crippen molar-refractivity contribution in [1.82, 2.24) is 9.78 Å². The fourth-order valence-corrected chi connectivity index (χ4v) is 3.38. The van der Waals surface area contributed by atoms with Crippen molar-refractivity contribution in [3.63, 3.8) is 0 Å². The number of para-hydroxylation sites is 2. The summed E-state index contributed by atoms with van der Waals surface area (Å²) in [6.45, 7) is 1.48. The molecular formula is C19H17BrN4O. The number of anilines is 2. The van der Waals surface area contributed by atoms with E-state index in [-0.39, 0.29) is 5.91 Å². The molecule has 0 aliphatic carbocycles. The molecule has 1 aromatic heterocycles. The second-order valence-corrected chi connectivity index (χ2v) is 6.94. The summed E-state index contributed by atoms with van der Waals surface area (Å²) >= 11 is 3.40. The summed E-state index contributed by atoms with van der Waals surface area (Å²) in [6.07, 6.45) is 3.60. The first-order valence-electron chi connectivity index (χ1n) is 8.06. The van der Waals surface area contributed by atoms with Crippen LogP contribution in [-0.4, -0.2) is 35.8 Å².